The lowest BCUT2D eigenvalue weighted by Crippen LogP contribution is -2.49. The quantitative estimate of drug-likeness (QED) is 0.702. The van der Waals surface area contributed by atoms with Crippen LogP contribution in [-0.2, 0) is 6.54 Å². The van der Waals surface area contributed by atoms with Crippen molar-refractivity contribution in [3.05, 3.63) is 78.0 Å². The minimum absolute atomic E-state index is 0.0202. The number of hydrogen-bond acceptors (Lipinski definition) is 4. The van der Waals surface area contributed by atoms with E-state index in [2.05, 4.69) is 17.0 Å². The minimum atomic E-state index is 0.0202. The lowest BCUT2D eigenvalue weighted by atomic mass is 10.1. The molecule has 1 aliphatic heterocycles. The number of nitrogens with zero attached hydrogens (tertiary/aromatic N) is 4. The highest BCUT2D eigenvalue weighted by Crippen LogP contribution is 2.24. The molecule has 6 nitrogen and oxygen atoms in total. The predicted molar refractivity (Wildman–Crippen MR) is 113 cm³/mol. The van der Waals surface area contributed by atoms with E-state index in [0.29, 0.717) is 31.7 Å². The van der Waals surface area contributed by atoms with E-state index in [0.717, 1.165) is 29.9 Å². The maximum absolute atomic E-state index is 13.3. The van der Waals surface area contributed by atoms with Crippen LogP contribution >= 0.6 is 0 Å². The largest absolute Gasteiger partial charge is 0.395 e. The summed E-state index contributed by atoms with van der Waals surface area (Å²) in [5.41, 5.74) is 3.46. The summed E-state index contributed by atoms with van der Waals surface area (Å²) in [6.07, 6.45) is 1.87. The Hall–Kier alpha value is -2.96. The Morgan fingerprint density at radius 2 is 1.59 bits per heavy atom. The normalized spacial score (nSPS) is 14.9. The number of hydrogen-bond donors (Lipinski definition) is 1. The van der Waals surface area contributed by atoms with Crippen molar-refractivity contribution in [3.8, 4) is 11.3 Å². The van der Waals surface area contributed by atoms with Crippen LogP contribution in [0.1, 0.15) is 15.9 Å². The van der Waals surface area contributed by atoms with Crippen molar-refractivity contribution in [1.29, 1.82) is 0 Å². The molecule has 1 N–H and O–H groups in total. The average molecular weight is 390 g/mol. The molecule has 3 aromatic rings. The van der Waals surface area contributed by atoms with Gasteiger partial charge in [0.1, 0.15) is 5.69 Å². The van der Waals surface area contributed by atoms with Gasteiger partial charge in [0.2, 0.25) is 0 Å². The first-order chi connectivity index (χ1) is 14.2. The minimum Gasteiger partial charge on any atom is -0.395 e. The summed E-state index contributed by atoms with van der Waals surface area (Å²) in [4.78, 5) is 17.4. The van der Waals surface area contributed by atoms with Crippen molar-refractivity contribution in [2.75, 3.05) is 39.3 Å². The molecule has 0 aliphatic carbocycles. The third kappa shape index (κ3) is 4.55. The van der Waals surface area contributed by atoms with Gasteiger partial charge in [0.05, 0.1) is 18.7 Å². The zero-order valence-electron chi connectivity index (χ0n) is 16.4. The van der Waals surface area contributed by atoms with Crippen LogP contribution in [-0.4, -0.2) is 69.9 Å². The number of aromatic nitrogens is 2. The molecule has 1 aromatic heterocycles. The van der Waals surface area contributed by atoms with Gasteiger partial charge in [0.25, 0.3) is 5.91 Å². The van der Waals surface area contributed by atoms with Crippen LogP contribution in [0.25, 0.3) is 11.3 Å². The smallest absolute Gasteiger partial charge is 0.257 e. The third-order valence-corrected chi connectivity index (χ3v) is 5.30. The third-order valence-electron chi connectivity index (χ3n) is 5.30. The summed E-state index contributed by atoms with van der Waals surface area (Å²) < 4.78 is 1.85. The highest BCUT2D eigenvalue weighted by atomic mass is 16.3. The zero-order chi connectivity index (χ0) is 20.1. The van der Waals surface area contributed by atoms with E-state index in [1.54, 1.807) is 0 Å². The van der Waals surface area contributed by atoms with Gasteiger partial charge in [-0.2, -0.15) is 5.10 Å². The molecule has 29 heavy (non-hydrogen) atoms. The highest BCUT2D eigenvalue weighted by molar-refractivity contribution is 5.99. The number of β-amino-alcohol motifs (C(OH)–C–C–N with tert-alkyl or cyclic N) is 1. The Balaban J connectivity index is 1.60. The first-order valence-corrected chi connectivity index (χ1v) is 10.0. The lowest BCUT2D eigenvalue weighted by molar-refractivity contribution is 0.0615. The van der Waals surface area contributed by atoms with Crippen molar-refractivity contribution >= 4 is 5.91 Å². The fraction of sp³-hybridized carbons (Fsp3) is 0.304. The molecule has 1 amide bonds. The first-order valence-electron chi connectivity index (χ1n) is 10.0. The summed E-state index contributed by atoms with van der Waals surface area (Å²) in [6.45, 7) is 4.33. The second-order valence-electron chi connectivity index (χ2n) is 7.30. The molecule has 1 fully saturated rings. The Labute approximate surface area is 171 Å². The van der Waals surface area contributed by atoms with Crippen LogP contribution < -0.4 is 0 Å². The summed E-state index contributed by atoms with van der Waals surface area (Å²) in [5, 5.41) is 13.9. The second-order valence-corrected chi connectivity index (χ2v) is 7.30. The Morgan fingerprint density at radius 3 is 2.24 bits per heavy atom. The molecule has 1 aliphatic rings. The number of rotatable bonds is 6. The molecule has 0 bridgehead atoms. The summed E-state index contributed by atoms with van der Waals surface area (Å²) >= 11 is 0. The van der Waals surface area contributed by atoms with Crippen molar-refractivity contribution in [1.82, 2.24) is 19.6 Å². The molecule has 150 valence electrons. The number of carbonyl (C=O) groups is 1. The molecular weight excluding hydrogens is 364 g/mol. The second kappa shape index (κ2) is 9.03. The van der Waals surface area contributed by atoms with Crippen molar-refractivity contribution in [2.24, 2.45) is 0 Å². The number of amides is 1. The van der Waals surface area contributed by atoms with Crippen molar-refractivity contribution in [3.63, 3.8) is 0 Å². The van der Waals surface area contributed by atoms with Gasteiger partial charge in [-0.05, 0) is 5.56 Å². The van der Waals surface area contributed by atoms with Crippen LogP contribution in [0.4, 0.5) is 0 Å². The molecule has 1 saturated heterocycles. The van der Waals surface area contributed by atoms with Gasteiger partial charge in [0, 0.05) is 44.5 Å². The number of aliphatic hydroxyl groups excluding tert-OH is 1. The van der Waals surface area contributed by atoms with Gasteiger partial charge in [-0.15, -0.1) is 0 Å². The molecule has 0 spiro atoms. The summed E-state index contributed by atoms with van der Waals surface area (Å²) in [5.74, 6) is 0.0202. The number of carbonyl (C=O) groups excluding carboxylic acids is 1. The van der Waals surface area contributed by atoms with E-state index in [9.17, 15) is 4.79 Å². The first kappa shape index (κ1) is 19.4. The van der Waals surface area contributed by atoms with E-state index in [1.165, 1.54) is 0 Å². The molecule has 0 unspecified atom stereocenters. The molecule has 2 heterocycles. The Bertz CT molecular complexity index is 932. The van der Waals surface area contributed by atoms with E-state index >= 15 is 0 Å². The molecule has 6 heteroatoms. The lowest BCUT2D eigenvalue weighted by Gasteiger charge is -2.34. The standard InChI is InChI=1S/C23H26N4O2/c28-16-15-25-11-13-26(14-12-25)23(29)21-18-27(17-19-7-3-1-4-8-19)24-22(21)20-9-5-2-6-10-20/h1-10,18,28H,11-17H2. The van der Waals surface area contributed by atoms with E-state index in [-0.39, 0.29) is 12.5 Å². The van der Waals surface area contributed by atoms with Gasteiger partial charge >= 0.3 is 0 Å². The fourth-order valence-electron chi connectivity index (χ4n) is 3.72. The van der Waals surface area contributed by atoms with Gasteiger partial charge in [-0.25, -0.2) is 0 Å². The monoisotopic (exact) mass is 390 g/mol. The van der Waals surface area contributed by atoms with E-state index in [4.69, 9.17) is 10.2 Å². The Kier molecular flexibility index (Phi) is 6.03. The van der Waals surface area contributed by atoms with Crippen LogP contribution in [0, 0.1) is 0 Å². The molecule has 0 radical (unpaired) electrons. The van der Waals surface area contributed by atoms with E-state index < -0.39 is 0 Å². The Morgan fingerprint density at radius 1 is 0.931 bits per heavy atom. The van der Waals surface area contributed by atoms with Gasteiger partial charge in [-0.3, -0.25) is 14.4 Å². The van der Waals surface area contributed by atoms with Crippen LogP contribution in [0.5, 0.6) is 0 Å². The van der Waals surface area contributed by atoms with Gasteiger partial charge in [0.15, 0.2) is 0 Å². The molecule has 0 saturated carbocycles. The predicted octanol–water partition coefficient (Wildman–Crippen LogP) is 2.35. The van der Waals surface area contributed by atoms with Crippen molar-refractivity contribution < 1.29 is 9.90 Å². The van der Waals surface area contributed by atoms with Crippen molar-refractivity contribution in [2.45, 2.75) is 6.54 Å². The summed E-state index contributed by atoms with van der Waals surface area (Å²) in [7, 11) is 0. The van der Waals surface area contributed by atoms with E-state index in [1.807, 2.05) is 64.3 Å². The zero-order valence-corrected chi connectivity index (χ0v) is 16.4. The fourth-order valence-corrected chi connectivity index (χ4v) is 3.72. The SMILES string of the molecule is O=C(c1cn(Cc2ccccc2)nc1-c1ccccc1)N1CCN(CCO)CC1. The topological polar surface area (TPSA) is 61.6 Å². The number of aliphatic hydroxyl groups is 1. The maximum atomic E-state index is 13.3. The summed E-state index contributed by atoms with van der Waals surface area (Å²) in [6, 6.07) is 20.0. The molecule has 0 atom stereocenters. The average Bonchev–Trinajstić information content (AvgIpc) is 3.19. The van der Waals surface area contributed by atoms with Gasteiger partial charge in [-0.1, -0.05) is 60.7 Å². The number of piperazine rings is 1. The maximum Gasteiger partial charge on any atom is 0.257 e. The molecule has 4 rings (SSSR count). The number of benzene rings is 2. The molecule has 2 aromatic carbocycles. The van der Waals surface area contributed by atoms with Crippen LogP contribution in [0.2, 0.25) is 0 Å². The molecular formula is C23H26N4O2. The highest BCUT2D eigenvalue weighted by Gasteiger charge is 2.26. The van der Waals surface area contributed by atoms with Crippen LogP contribution in [0.3, 0.4) is 0 Å². The van der Waals surface area contributed by atoms with Gasteiger partial charge < -0.3 is 10.0 Å². The van der Waals surface area contributed by atoms with Crippen LogP contribution in [0.15, 0.2) is 66.9 Å².